The van der Waals surface area contributed by atoms with E-state index >= 15 is 0 Å². The molecule has 0 atom stereocenters. The van der Waals surface area contributed by atoms with Gasteiger partial charge in [0.25, 0.3) is 0 Å². The summed E-state index contributed by atoms with van der Waals surface area (Å²) >= 11 is 5.85. The van der Waals surface area contributed by atoms with Crippen LogP contribution in [0.25, 0.3) is 0 Å². The molecule has 2 N–H and O–H groups in total. The number of rotatable bonds is 4. The maximum atomic E-state index is 6.32. The Kier molecular flexibility index (Phi) is 3.53. The van der Waals surface area contributed by atoms with Crippen LogP contribution in [0, 0.1) is 12.5 Å². The Morgan fingerprint density at radius 1 is 1.44 bits per heavy atom. The Morgan fingerprint density at radius 2 is 2.06 bits per heavy atom. The number of hydrogen-bond acceptors (Lipinski definition) is 2. The summed E-state index contributed by atoms with van der Waals surface area (Å²) in [5.74, 6) is 0.487. The summed E-state index contributed by atoms with van der Waals surface area (Å²) in [4.78, 5) is 0. The topological polar surface area (TPSA) is 35.2 Å². The van der Waals surface area contributed by atoms with E-state index in [9.17, 15) is 0 Å². The lowest BCUT2D eigenvalue weighted by atomic mass is 9.66. The largest absolute Gasteiger partial charge is 0.376 e. The lowest BCUT2D eigenvalue weighted by Crippen LogP contribution is -2.49. The first-order valence-electron chi connectivity index (χ1n) is 5.64. The minimum atomic E-state index is -0.192. The number of hydrogen-bond donors (Lipinski definition) is 1. The lowest BCUT2D eigenvalue weighted by Gasteiger charge is -2.45. The number of benzene rings is 1. The van der Waals surface area contributed by atoms with E-state index in [0.717, 1.165) is 30.0 Å². The van der Waals surface area contributed by atoms with E-state index in [-0.39, 0.29) is 5.54 Å². The van der Waals surface area contributed by atoms with Gasteiger partial charge in [-0.1, -0.05) is 23.7 Å². The molecule has 0 heterocycles. The van der Waals surface area contributed by atoms with Crippen LogP contribution in [0.4, 0.5) is 0 Å². The molecule has 16 heavy (non-hydrogen) atoms. The van der Waals surface area contributed by atoms with E-state index in [1.807, 2.05) is 37.8 Å². The van der Waals surface area contributed by atoms with Crippen LogP contribution in [0.5, 0.6) is 0 Å². The van der Waals surface area contributed by atoms with Gasteiger partial charge in [-0.15, -0.1) is 0 Å². The van der Waals surface area contributed by atoms with Gasteiger partial charge in [-0.25, -0.2) is 0 Å². The minimum absolute atomic E-state index is 0.192. The molecule has 0 aromatic heterocycles. The Balaban J connectivity index is 1.94. The van der Waals surface area contributed by atoms with Gasteiger partial charge in [-0.3, -0.25) is 0 Å². The fourth-order valence-corrected chi connectivity index (χ4v) is 2.35. The normalized spacial score (nSPS) is 28.8. The highest BCUT2D eigenvalue weighted by molar-refractivity contribution is 6.30. The standard InChI is InChI=1S/C13H17ClNO/c1-2-16-9-10-7-13(15,8-10)11-3-5-12(14)6-4-11/h3-6,9-10H,2,7-8,15H2,1H3. The smallest absolute Gasteiger partial charge is 0.0868 e. The van der Waals surface area contributed by atoms with Gasteiger partial charge >= 0.3 is 0 Å². The maximum absolute atomic E-state index is 6.32. The van der Waals surface area contributed by atoms with Crippen molar-refractivity contribution in [3.05, 3.63) is 41.5 Å². The number of ether oxygens (including phenoxy) is 1. The highest BCUT2D eigenvalue weighted by Gasteiger charge is 2.42. The van der Waals surface area contributed by atoms with Crippen LogP contribution < -0.4 is 5.73 Å². The molecule has 1 aliphatic rings. The molecular formula is C13H17ClNO. The fraction of sp³-hybridized carbons (Fsp3) is 0.462. The third-order valence-electron chi connectivity index (χ3n) is 3.13. The van der Waals surface area contributed by atoms with Crippen LogP contribution >= 0.6 is 11.6 Å². The van der Waals surface area contributed by atoms with Crippen molar-refractivity contribution in [1.82, 2.24) is 0 Å². The summed E-state index contributed by atoms with van der Waals surface area (Å²) in [6.45, 7) is 4.64. The number of nitrogens with two attached hydrogens (primary N) is 1. The van der Waals surface area contributed by atoms with Crippen molar-refractivity contribution in [2.45, 2.75) is 25.3 Å². The molecular weight excluding hydrogens is 222 g/mol. The van der Waals surface area contributed by atoms with E-state index in [1.54, 1.807) is 0 Å². The van der Waals surface area contributed by atoms with Crippen molar-refractivity contribution in [2.24, 2.45) is 11.7 Å². The molecule has 1 aromatic rings. The van der Waals surface area contributed by atoms with E-state index in [4.69, 9.17) is 22.1 Å². The summed E-state index contributed by atoms with van der Waals surface area (Å²) in [6, 6.07) is 7.81. The molecule has 1 saturated carbocycles. The van der Waals surface area contributed by atoms with Gasteiger partial charge in [0, 0.05) is 17.2 Å². The van der Waals surface area contributed by atoms with Gasteiger partial charge in [-0.05, 0) is 43.4 Å². The van der Waals surface area contributed by atoms with Gasteiger partial charge in [0.2, 0.25) is 0 Å². The zero-order chi connectivity index (χ0) is 11.6. The van der Waals surface area contributed by atoms with Gasteiger partial charge < -0.3 is 10.5 Å². The third-order valence-corrected chi connectivity index (χ3v) is 3.38. The molecule has 3 heteroatoms. The van der Waals surface area contributed by atoms with Crippen LogP contribution in [0.1, 0.15) is 25.3 Å². The average molecular weight is 239 g/mol. The predicted octanol–water partition coefficient (Wildman–Crippen LogP) is 3.10. The Hall–Kier alpha value is -0.570. The van der Waals surface area contributed by atoms with Crippen LogP contribution in [0.15, 0.2) is 24.3 Å². The van der Waals surface area contributed by atoms with Crippen LogP contribution in [-0.2, 0) is 10.3 Å². The zero-order valence-corrected chi connectivity index (χ0v) is 10.2. The highest BCUT2D eigenvalue weighted by Crippen LogP contribution is 2.44. The molecule has 0 saturated heterocycles. The first-order valence-corrected chi connectivity index (χ1v) is 6.02. The monoisotopic (exact) mass is 238 g/mol. The van der Waals surface area contributed by atoms with Crippen molar-refractivity contribution in [1.29, 1.82) is 0 Å². The molecule has 1 fully saturated rings. The van der Waals surface area contributed by atoms with Crippen LogP contribution in [-0.4, -0.2) is 6.61 Å². The first-order chi connectivity index (χ1) is 7.64. The summed E-state index contributed by atoms with van der Waals surface area (Å²) in [5, 5.41) is 0.754. The molecule has 1 aliphatic carbocycles. The first kappa shape index (κ1) is 11.9. The maximum Gasteiger partial charge on any atom is 0.0868 e. The van der Waals surface area contributed by atoms with Crippen molar-refractivity contribution >= 4 is 11.6 Å². The Morgan fingerprint density at radius 3 is 2.62 bits per heavy atom. The second-order valence-electron chi connectivity index (χ2n) is 4.42. The van der Waals surface area contributed by atoms with Crippen molar-refractivity contribution in [3.63, 3.8) is 0 Å². The molecule has 1 radical (unpaired) electrons. The van der Waals surface area contributed by atoms with E-state index in [1.165, 1.54) is 0 Å². The molecule has 0 unspecified atom stereocenters. The van der Waals surface area contributed by atoms with E-state index in [0.29, 0.717) is 5.92 Å². The van der Waals surface area contributed by atoms with Crippen molar-refractivity contribution in [3.8, 4) is 0 Å². The lowest BCUT2D eigenvalue weighted by molar-refractivity contribution is 0.0860. The third kappa shape index (κ3) is 2.40. The highest BCUT2D eigenvalue weighted by atomic mass is 35.5. The summed E-state index contributed by atoms with van der Waals surface area (Å²) in [6.07, 6.45) is 1.91. The van der Waals surface area contributed by atoms with Gasteiger partial charge in [0.05, 0.1) is 6.61 Å². The zero-order valence-electron chi connectivity index (χ0n) is 9.45. The van der Waals surface area contributed by atoms with E-state index in [2.05, 4.69) is 0 Å². The van der Waals surface area contributed by atoms with E-state index < -0.39 is 0 Å². The van der Waals surface area contributed by atoms with Crippen molar-refractivity contribution in [2.75, 3.05) is 6.61 Å². The van der Waals surface area contributed by atoms with Gasteiger partial charge in [0.1, 0.15) is 0 Å². The molecule has 1 aromatic carbocycles. The summed E-state index contributed by atoms with van der Waals surface area (Å²) in [7, 11) is 0. The molecule has 2 rings (SSSR count). The molecule has 2 nitrogen and oxygen atoms in total. The molecule has 0 amide bonds. The Bertz CT molecular complexity index is 343. The second-order valence-corrected chi connectivity index (χ2v) is 4.86. The number of halogens is 1. The quantitative estimate of drug-likeness (QED) is 0.875. The average Bonchev–Trinajstić information content (AvgIpc) is 2.24. The van der Waals surface area contributed by atoms with Crippen LogP contribution in [0.3, 0.4) is 0 Å². The molecule has 0 bridgehead atoms. The molecule has 0 aliphatic heterocycles. The fourth-order valence-electron chi connectivity index (χ4n) is 2.22. The summed E-state index contributed by atoms with van der Waals surface area (Å²) in [5.41, 5.74) is 7.29. The second kappa shape index (κ2) is 4.74. The van der Waals surface area contributed by atoms with Crippen LogP contribution in [0.2, 0.25) is 5.02 Å². The summed E-state index contributed by atoms with van der Waals surface area (Å²) < 4.78 is 5.28. The Labute approximate surface area is 102 Å². The van der Waals surface area contributed by atoms with Crippen molar-refractivity contribution < 1.29 is 4.74 Å². The predicted molar refractivity (Wildman–Crippen MR) is 66.0 cm³/mol. The van der Waals surface area contributed by atoms with Gasteiger partial charge in [-0.2, -0.15) is 0 Å². The van der Waals surface area contributed by atoms with Gasteiger partial charge in [0.15, 0.2) is 0 Å². The minimum Gasteiger partial charge on any atom is -0.376 e. The molecule has 0 spiro atoms. The molecule has 87 valence electrons. The SMILES string of the molecule is CCO[CH]C1CC(N)(c2ccc(Cl)cc2)C1.